The first-order chi connectivity index (χ1) is 10.8. The summed E-state index contributed by atoms with van der Waals surface area (Å²) in [6.07, 6.45) is 0.440. The van der Waals surface area contributed by atoms with Crippen molar-refractivity contribution in [3.8, 4) is 0 Å². The Hall–Kier alpha value is -2.44. The minimum atomic E-state index is -0.755. The van der Waals surface area contributed by atoms with Crippen LogP contribution in [0.15, 0.2) is 16.9 Å². The van der Waals surface area contributed by atoms with E-state index in [0.717, 1.165) is 0 Å². The number of rotatable bonds is 2. The van der Waals surface area contributed by atoms with E-state index in [1.165, 1.54) is 15.2 Å². The second kappa shape index (κ2) is 5.33. The number of nitrogens with one attached hydrogen (secondary N) is 1. The number of carbonyl (C=O) groups is 2. The predicted octanol–water partition coefficient (Wildman–Crippen LogP) is 1.58. The van der Waals surface area contributed by atoms with E-state index in [1.807, 2.05) is 13.8 Å². The number of nitrogens with zero attached hydrogens (tertiary/aromatic N) is 2. The minimum absolute atomic E-state index is 0.0510. The maximum Gasteiger partial charge on any atom is 0.329 e. The molecule has 122 valence electrons. The van der Waals surface area contributed by atoms with Crippen molar-refractivity contribution in [2.75, 3.05) is 0 Å². The molecule has 0 spiro atoms. The van der Waals surface area contributed by atoms with Gasteiger partial charge in [0.2, 0.25) is 11.8 Å². The van der Waals surface area contributed by atoms with Gasteiger partial charge in [-0.3, -0.25) is 24.0 Å². The third-order valence-electron chi connectivity index (χ3n) is 4.35. The molecule has 1 fully saturated rings. The summed E-state index contributed by atoms with van der Waals surface area (Å²) in [6.45, 7) is 3.73. The Morgan fingerprint density at radius 3 is 2.52 bits per heavy atom. The number of hydrogen-bond acceptors (Lipinski definition) is 3. The molecule has 2 heterocycles. The van der Waals surface area contributed by atoms with Gasteiger partial charge in [-0.25, -0.2) is 9.18 Å². The minimum Gasteiger partial charge on any atom is -0.295 e. The Labute approximate surface area is 131 Å². The Morgan fingerprint density at radius 2 is 1.91 bits per heavy atom. The molecular weight excluding hydrogens is 301 g/mol. The summed E-state index contributed by atoms with van der Waals surface area (Å²) in [4.78, 5) is 36.0. The summed E-state index contributed by atoms with van der Waals surface area (Å²) in [7, 11) is 1.54. The van der Waals surface area contributed by atoms with Crippen LogP contribution in [0.5, 0.6) is 0 Å². The molecule has 1 aliphatic rings. The van der Waals surface area contributed by atoms with Crippen LogP contribution < -0.4 is 11.0 Å². The van der Waals surface area contributed by atoms with Gasteiger partial charge >= 0.3 is 5.69 Å². The first-order valence-corrected chi connectivity index (χ1v) is 7.55. The molecule has 1 saturated heterocycles. The molecule has 1 N–H and O–H groups in total. The first kappa shape index (κ1) is 15.5. The highest BCUT2D eigenvalue weighted by Gasteiger charge is 2.31. The third-order valence-corrected chi connectivity index (χ3v) is 4.35. The van der Waals surface area contributed by atoms with E-state index in [4.69, 9.17) is 0 Å². The Morgan fingerprint density at radius 1 is 1.22 bits per heavy atom. The molecule has 1 atom stereocenters. The molecule has 1 aliphatic heterocycles. The number of hydrogen-bond donors (Lipinski definition) is 1. The fraction of sp³-hybridized carbons (Fsp3) is 0.438. The Kier molecular flexibility index (Phi) is 3.58. The molecule has 1 aromatic carbocycles. The van der Waals surface area contributed by atoms with Crippen LogP contribution in [0.1, 0.15) is 44.2 Å². The SMILES string of the molecule is CC(C)c1cc2c(cc1F)n(C)c(=O)n2C1CCC(=O)NC1=O. The van der Waals surface area contributed by atoms with E-state index in [-0.39, 0.29) is 30.5 Å². The highest BCUT2D eigenvalue weighted by atomic mass is 19.1. The number of imide groups is 1. The largest absolute Gasteiger partial charge is 0.329 e. The molecule has 23 heavy (non-hydrogen) atoms. The second-order valence-corrected chi connectivity index (χ2v) is 6.20. The van der Waals surface area contributed by atoms with Crippen LogP contribution in [-0.2, 0) is 16.6 Å². The summed E-state index contributed by atoms with van der Waals surface area (Å²) in [6, 6.07) is 2.20. The van der Waals surface area contributed by atoms with Gasteiger partial charge in [0, 0.05) is 19.5 Å². The summed E-state index contributed by atoms with van der Waals surface area (Å²) >= 11 is 0. The van der Waals surface area contributed by atoms with Crippen LogP contribution in [0, 0.1) is 5.82 Å². The first-order valence-electron chi connectivity index (χ1n) is 7.55. The van der Waals surface area contributed by atoms with Gasteiger partial charge in [-0.1, -0.05) is 13.8 Å². The summed E-state index contributed by atoms with van der Waals surface area (Å²) < 4.78 is 16.9. The van der Waals surface area contributed by atoms with Crippen molar-refractivity contribution >= 4 is 22.8 Å². The van der Waals surface area contributed by atoms with Gasteiger partial charge in [0.1, 0.15) is 11.9 Å². The van der Waals surface area contributed by atoms with Crippen LogP contribution in [0.25, 0.3) is 11.0 Å². The number of halogens is 1. The fourth-order valence-corrected chi connectivity index (χ4v) is 3.07. The van der Waals surface area contributed by atoms with E-state index in [1.54, 1.807) is 13.1 Å². The third kappa shape index (κ3) is 2.36. The van der Waals surface area contributed by atoms with Crippen LogP contribution in [0.4, 0.5) is 4.39 Å². The second-order valence-electron chi connectivity index (χ2n) is 6.20. The van der Waals surface area contributed by atoms with Crippen molar-refractivity contribution in [1.29, 1.82) is 0 Å². The van der Waals surface area contributed by atoms with Gasteiger partial charge in [-0.2, -0.15) is 0 Å². The molecule has 0 bridgehead atoms. The molecule has 1 aromatic heterocycles. The van der Waals surface area contributed by atoms with E-state index in [2.05, 4.69) is 5.32 Å². The van der Waals surface area contributed by atoms with Gasteiger partial charge in [0.25, 0.3) is 0 Å². The molecule has 0 saturated carbocycles. The van der Waals surface area contributed by atoms with E-state index >= 15 is 0 Å². The maximum atomic E-state index is 14.2. The number of benzene rings is 1. The van der Waals surface area contributed by atoms with Crippen molar-refractivity contribution in [3.05, 3.63) is 34.0 Å². The van der Waals surface area contributed by atoms with E-state index in [0.29, 0.717) is 16.6 Å². The van der Waals surface area contributed by atoms with E-state index < -0.39 is 17.6 Å². The maximum absolute atomic E-state index is 14.2. The summed E-state index contributed by atoms with van der Waals surface area (Å²) in [5, 5.41) is 2.26. The summed E-state index contributed by atoms with van der Waals surface area (Å²) in [5.74, 6) is -1.26. The average Bonchev–Trinajstić information content (AvgIpc) is 2.71. The lowest BCUT2D eigenvalue weighted by Crippen LogP contribution is -2.44. The van der Waals surface area contributed by atoms with Gasteiger partial charge in [0.05, 0.1) is 11.0 Å². The standard InChI is InChI=1S/C16H18FN3O3/c1-8(2)9-6-13-12(7-10(9)17)19(3)16(23)20(13)11-4-5-14(21)18-15(11)22/h6-8,11H,4-5H2,1-3H3,(H,18,21,22). The van der Waals surface area contributed by atoms with Crippen molar-refractivity contribution < 1.29 is 14.0 Å². The molecule has 0 radical (unpaired) electrons. The fourth-order valence-electron chi connectivity index (χ4n) is 3.07. The van der Waals surface area contributed by atoms with Gasteiger partial charge in [-0.05, 0) is 24.0 Å². The van der Waals surface area contributed by atoms with Crippen LogP contribution in [0.3, 0.4) is 0 Å². The molecule has 1 unspecified atom stereocenters. The molecule has 2 amide bonds. The highest BCUT2D eigenvalue weighted by Crippen LogP contribution is 2.27. The lowest BCUT2D eigenvalue weighted by Gasteiger charge is -2.22. The molecule has 3 rings (SSSR count). The lowest BCUT2D eigenvalue weighted by molar-refractivity contribution is -0.135. The summed E-state index contributed by atoms with van der Waals surface area (Å²) in [5.41, 5.74) is 1.04. The van der Waals surface area contributed by atoms with E-state index in [9.17, 15) is 18.8 Å². The number of aryl methyl sites for hydroxylation is 1. The lowest BCUT2D eigenvalue weighted by atomic mass is 10.0. The van der Waals surface area contributed by atoms with Gasteiger partial charge < -0.3 is 0 Å². The number of piperidine rings is 1. The van der Waals surface area contributed by atoms with Crippen LogP contribution in [0.2, 0.25) is 0 Å². The number of amides is 2. The van der Waals surface area contributed by atoms with Gasteiger partial charge in [-0.15, -0.1) is 0 Å². The normalized spacial score (nSPS) is 18.7. The Bertz CT molecular complexity index is 879. The number of aromatic nitrogens is 2. The van der Waals surface area contributed by atoms with Crippen molar-refractivity contribution in [3.63, 3.8) is 0 Å². The zero-order valence-electron chi connectivity index (χ0n) is 13.2. The number of carbonyl (C=O) groups excluding carboxylic acids is 2. The molecular formula is C16H18FN3O3. The predicted molar refractivity (Wildman–Crippen MR) is 82.6 cm³/mol. The zero-order chi connectivity index (χ0) is 16.9. The highest BCUT2D eigenvalue weighted by molar-refractivity contribution is 6.00. The molecule has 2 aromatic rings. The molecule has 7 heteroatoms. The quantitative estimate of drug-likeness (QED) is 0.854. The average molecular weight is 319 g/mol. The van der Waals surface area contributed by atoms with Crippen molar-refractivity contribution in [2.45, 2.75) is 38.6 Å². The Balaban J connectivity index is 2.26. The topological polar surface area (TPSA) is 73.1 Å². The number of fused-ring (bicyclic) bond motifs is 1. The van der Waals surface area contributed by atoms with Crippen LogP contribution in [-0.4, -0.2) is 20.9 Å². The van der Waals surface area contributed by atoms with Crippen LogP contribution >= 0.6 is 0 Å². The smallest absolute Gasteiger partial charge is 0.295 e. The molecule has 6 nitrogen and oxygen atoms in total. The van der Waals surface area contributed by atoms with Crippen molar-refractivity contribution in [1.82, 2.24) is 14.5 Å². The monoisotopic (exact) mass is 319 g/mol. The van der Waals surface area contributed by atoms with Crippen molar-refractivity contribution in [2.24, 2.45) is 7.05 Å². The number of imidazole rings is 1. The zero-order valence-corrected chi connectivity index (χ0v) is 13.2. The van der Waals surface area contributed by atoms with Gasteiger partial charge in [0.15, 0.2) is 0 Å². The molecule has 0 aliphatic carbocycles.